The third-order valence-corrected chi connectivity index (χ3v) is 5.30. The van der Waals surface area contributed by atoms with E-state index in [1.807, 2.05) is 27.6 Å². The molecule has 3 aromatic heterocycles. The van der Waals surface area contributed by atoms with Crippen molar-refractivity contribution in [1.29, 1.82) is 0 Å². The summed E-state index contributed by atoms with van der Waals surface area (Å²) in [6, 6.07) is -0.0939. The average Bonchev–Trinajstić information content (AvgIpc) is 3.20. The van der Waals surface area contributed by atoms with Gasteiger partial charge in [-0.25, -0.2) is 9.97 Å². The molecule has 1 saturated heterocycles. The van der Waals surface area contributed by atoms with Crippen molar-refractivity contribution < 1.29 is 4.79 Å². The van der Waals surface area contributed by atoms with Crippen LogP contribution in [-0.4, -0.2) is 37.8 Å². The van der Waals surface area contributed by atoms with Gasteiger partial charge in [0.05, 0.1) is 11.7 Å². The van der Waals surface area contributed by atoms with E-state index in [9.17, 15) is 4.79 Å². The third kappa shape index (κ3) is 2.65. The highest BCUT2D eigenvalue weighted by molar-refractivity contribution is 7.15. The lowest BCUT2D eigenvalue weighted by Gasteiger charge is -2.22. The van der Waals surface area contributed by atoms with Gasteiger partial charge in [0, 0.05) is 35.9 Å². The van der Waals surface area contributed by atoms with Gasteiger partial charge >= 0.3 is 0 Å². The molecule has 1 aliphatic rings. The molecule has 0 saturated carbocycles. The molecule has 0 radical (unpaired) electrons. The molecule has 0 spiro atoms. The van der Waals surface area contributed by atoms with Crippen molar-refractivity contribution in [2.75, 3.05) is 11.9 Å². The topological polar surface area (TPSA) is 62.5 Å². The molecule has 1 amide bonds. The van der Waals surface area contributed by atoms with Crippen molar-refractivity contribution in [2.24, 2.45) is 0 Å². The minimum absolute atomic E-state index is 0.0356. The predicted molar refractivity (Wildman–Crippen MR) is 87.2 cm³/mol. The maximum atomic E-state index is 12.4. The Bertz CT molecular complexity index is 750. The largest absolute Gasteiger partial charge is 0.301 e. The maximum Gasteiger partial charge on any atom is 0.243 e. The molecule has 114 valence electrons. The Morgan fingerprint density at radius 1 is 1.41 bits per heavy atom. The number of fused-ring (bicyclic) bond motifs is 1. The Balaban J connectivity index is 1.46. The molecule has 0 unspecified atom stereocenters. The second-order valence-corrected chi connectivity index (χ2v) is 7.05. The van der Waals surface area contributed by atoms with Gasteiger partial charge in [0.15, 0.2) is 10.1 Å². The van der Waals surface area contributed by atoms with Gasteiger partial charge in [0.1, 0.15) is 0 Å². The predicted octanol–water partition coefficient (Wildman–Crippen LogP) is 2.46. The van der Waals surface area contributed by atoms with Crippen molar-refractivity contribution in [2.45, 2.75) is 25.4 Å². The molecule has 0 bridgehead atoms. The molecule has 0 aliphatic carbocycles. The quantitative estimate of drug-likeness (QED) is 0.797. The number of nitrogens with zero attached hydrogens (tertiary/aromatic N) is 4. The first-order valence-electron chi connectivity index (χ1n) is 7.15. The first-order chi connectivity index (χ1) is 10.8. The molecule has 1 fully saturated rings. The summed E-state index contributed by atoms with van der Waals surface area (Å²) in [7, 11) is 0. The highest BCUT2D eigenvalue weighted by atomic mass is 32.1. The number of carbonyl (C=O) groups excluding carboxylic acids is 1. The molecule has 6 nitrogen and oxygen atoms in total. The first-order valence-corrected chi connectivity index (χ1v) is 8.91. The van der Waals surface area contributed by atoms with Crippen LogP contribution in [0.1, 0.15) is 18.5 Å². The summed E-state index contributed by atoms with van der Waals surface area (Å²) in [5.41, 5.74) is 1.01. The number of likely N-dealkylation sites (tertiary alicyclic amines) is 1. The Morgan fingerprint density at radius 2 is 2.36 bits per heavy atom. The van der Waals surface area contributed by atoms with Crippen LogP contribution >= 0.6 is 22.7 Å². The maximum absolute atomic E-state index is 12.4. The SMILES string of the molecule is O=C(Nc1nccs1)[C@H]1CCCN1Cc1cn2ccsc2n1. The van der Waals surface area contributed by atoms with Gasteiger partial charge in [0.25, 0.3) is 0 Å². The number of aromatic nitrogens is 3. The van der Waals surface area contributed by atoms with Gasteiger partial charge < -0.3 is 5.32 Å². The van der Waals surface area contributed by atoms with Crippen LogP contribution in [0.4, 0.5) is 5.13 Å². The van der Waals surface area contributed by atoms with E-state index >= 15 is 0 Å². The zero-order valence-electron chi connectivity index (χ0n) is 11.8. The molecule has 0 aromatic carbocycles. The van der Waals surface area contributed by atoms with Crippen molar-refractivity contribution >= 4 is 38.7 Å². The van der Waals surface area contributed by atoms with E-state index in [0.717, 1.165) is 30.0 Å². The number of anilines is 1. The highest BCUT2D eigenvalue weighted by Gasteiger charge is 2.31. The second kappa shape index (κ2) is 5.79. The highest BCUT2D eigenvalue weighted by Crippen LogP contribution is 2.22. The Morgan fingerprint density at radius 3 is 3.18 bits per heavy atom. The van der Waals surface area contributed by atoms with Crippen LogP contribution in [0.3, 0.4) is 0 Å². The molecule has 4 heterocycles. The molecular weight excluding hydrogens is 318 g/mol. The minimum atomic E-state index is -0.0939. The summed E-state index contributed by atoms with van der Waals surface area (Å²) < 4.78 is 2.03. The van der Waals surface area contributed by atoms with Gasteiger partial charge in [0.2, 0.25) is 5.91 Å². The fraction of sp³-hybridized carbons (Fsp3) is 0.357. The van der Waals surface area contributed by atoms with E-state index in [2.05, 4.69) is 20.2 Å². The third-order valence-electron chi connectivity index (χ3n) is 3.84. The summed E-state index contributed by atoms with van der Waals surface area (Å²) in [5.74, 6) is 0.0356. The van der Waals surface area contributed by atoms with Crippen molar-refractivity contribution in [3.05, 3.63) is 35.0 Å². The summed E-state index contributed by atoms with van der Waals surface area (Å²) >= 11 is 3.07. The molecule has 1 atom stereocenters. The van der Waals surface area contributed by atoms with Crippen molar-refractivity contribution in [1.82, 2.24) is 19.3 Å². The summed E-state index contributed by atoms with van der Waals surface area (Å²) in [5, 5.41) is 7.45. The number of hydrogen-bond donors (Lipinski definition) is 1. The molecule has 1 aliphatic heterocycles. The smallest absolute Gasteiger partial charge is 0.243 e. The van der Waals surface area contributed by atoms with E-state index in [1.54, 1.807) is 17.5 Å². The fourth-order valence-corrected chi connectivity index (χ4v) is 4.10. The van der Waals surface area contributed by atoms with Crippen LogP contribution in [-0.2, 0) is 11.3 Å². The van der Waals surface area contributed by atoms with E-state index in [4.69, 9.17) is 0 Å². The minimum Gasteiger partial charge on any atom is -0.301 e. The lowest BCUT2D eigenvalue weighted by Crippen LogP contribution is -2.39. The van der Waals surface area contributed by atoms with E-state index in [0.29, 0.717) is 11.7 Å². The van der Waals surface area contributed by atoms with Gasteiger partial charge in [-0.15, -0.1) is 22.7 Å². The molecule has 1 N–H and O–H groups in total. The molecule has 3 aromatic rings. The standard InChI is InChI=1S/C14H15N5OS2/c20-12(17-13-15-3-6-21-13)11-2-1-4-18(11)8-10-9-19-5-7-22-14(19)16-10/h3,5-7,9,11H,1-2,4,8H2,(H,15,17,20)/t11-/m1/s1. The summed E-state index contributed by atoms with van der Waals surface area (Å²) in [6.45, 7) is 1.64. The zero-order chi connectivity index (χ0) is 14.9. The van der Waals surface area contributed by atoms with Crippen LogP contribution in [0.15, 0.2) is 29.4 Å². The van der Waals surface area contributed by atoms with Crippen molar-refractivity contribution in [3.63, 3.8) is 0 Å². The van der Waals surface area contributed by atoms with Gasteiger partial charge in [-0.2, -0.15) is 0 Å². The Kier molecular flexibility index (Phi) is 3.65. The number of amides is 1. The lowest BCUT2D eigenvalue weighted by molar-refractivity contribution is -0.120. The molecule has 22 heavy (non-hydrogen) atoms. The molecule has 8 heteroatoms. The van der Waals surface area contributed by atoms with Gasteiger partial charge in [-0.3, -0.25) is 14.1 Å². The van der Waals surface area contributed by atoms with Gasteiger partial charge in [-0.1, -0.05) is 0 Å². The second-order valence-electron chi connectivity index (χ2n) is 5.28. The van der Waals surface area contributed by atoms with E-state index < -0.39 is 0 Å². The number of rotatable bonds is 4. The Labute approximate surface area is 135 Å². The van der Waals surface area contributed by atoms with Crippen molar-refractivity contribution in [3.8, 4) is 0 Å². The fourth-order valence-electron chi connectivity index (χ4n) is 2.85. The van der Waals surface area contributed by atoms with Crippen LogP contribution in [0, 0.1) is 0 Å². The summed E-state index contributed by atoms with van der Waals surface area (Å²) in [6.07, 6.45) is 7.68. The van der Waals surface area contributed by atoms with E-state index in [1.165, 1.54) is 11.3 Å². The number of nitrogens with one attached hydrogen (secondary N) is 1. The van der Waals surface area contributed by atoms with Crippen LogP contribution < -0.4 is 5.32 Å². The average molecular weight is 333 g/mol. The van der Waals surface area contributed by atoms with Crippen LogP contribution in [0.5, 0.6) is 0 Å². The zero-order valence-corrected chi connectivity index (χ0v) is 13.4. The first kappa shape index (κ1) is 13.9. The van der Waals surface area contributed by atoms with Crippen LogP contribution in [0.2, 0.25) is 0 Å². The number of carbonyl (C=O) groups is 1. The van der Waals surface area contributed by atoms with Crippen LogP contribution in [0.25, 0.3) is 4.96 Å². The molecular formula is C14H15N5OS2. The number of imidazole rings is 1. The number of hydrogen-bond acceptors (Lipinski definition) is 6. The Hall–Kier alpha value is -1.77. The molecule has 4 rings (SSSR count). The lowest BCUT2D eigenvalue weighted by atomic mass is 10.2. The monoisotopic (exact) mass is 333 g/mol. The summed E-state index contributed by atoms with van der Waals surface area (Å²) in [4.78, 5) is 24.3. The normalized spacial score (nSPS) is 19.0. The number of thiazole rings is 2. The van der Waals surface area contributed by atoms with Gasteiger partial charge in [-0.05, 0) is 19.4 Å². The van der Waals surface area contributed by atoms with E-state index in [-0.39, 0.29) is 11.9 Å².